The van der Waals surface area contributed by atoms with E-state index in [1.54, 1.807) is 17.8 Å². The Hall–Kier alpha value is -2.25. The van der Waals surface area contributed by atoms with E-state index in [0.29, 0.717) is 40.6 Å². The average Bonchev–Trinajstić information content (AvgIpc) is 3.01. The van der Waals surface area contributed by atoms with Crippen LogP contribution in [-0.2, 0) is 20.0 Å². The van der Waals surface area contributed by atoms with E-state index < -0.39 is 11.4 Å². The Bertz CT molecular complexity index is 1410. The van der Waals surface area contributed by atoms with Gasteiger partial charge < -0.3 is 24.1 Å². The molecule has 3 aliphatic carbocycles. The van der Waals surface area contributed by atoms with Crippen LogP contribution in [0, 0.1) is 17.2 Å². The van der Waals surface area contributed by atoms with Gasteiger partial charge in [0, 0.05) is 75.4 Å². The number of methoxy groups -OCH3 is 1. The van der Waals surface area contributed by atoms with E-state index in [-0.39, 0.29) is 22.3 Å². The molecule has 3 aliphatic heterocycles. The van der Waals surface area contributed by atoms with Crippen molar-refractivity contribution in [1.29, 1.82) is 0 Å². The van der Waals surface area contributed by atoms with Crippen molar-refractivity contribution in [1.82, 2.24) is 24.7 Å². The number of benzene rings is 1. The molecule has 4 heterocycles. The molecule has 6 aliphatic rings. The van der Waals surface area contributed by atoms with Gasteiger partial charge in [0.1, 0.15) is 22.8 Å². The van der Waals surface area contributed by atoms with Gasteiger partial charge in [0.05, 0.1) is 30.4 Å². The average molecular weight is 644 g/mol. The van der Waals surface area contributed by atoms with E-state index in [1.807, 2.05) is 0 Å². The van der Waals surface area contributed by atoms with Gasteiger partial charge in [0.2, 0.25) is 0 Å². The number of thioether (sulfide) groups is 1. The van der Waals surface area contributed by atoms with Crippen LogP contribution in [-0.4, -0.2) is 121 Å². The third kappa shape index (κ3) is 6.50. The molecule has 2 aromatic rings. The predicted molar refractivity (Wildman–Crippen MR) is 171 cm³/mol. The van der Waals surface area contributed by atoms with E-state index in [9.17, 15) is 14.0 Å². The van der Waals surface area contributed by atoms with Crippen molar-refractivity contribution in [3.8, 4) is 5.75 Å². The number of fused-ring (bicyclic) bond motifs is 1. The Kier molecular flexibility index (Phi) is 9.13. The van der Waals surface area contributed by atoms with Crippen molar-refractivity contribution in [2.24, 2.45) is 11.3 Å². The normalized spacial score (nSPS) is 28.5. The summed E-state index contributed by atoms with van der Waals surface area (Å²) in [7, 11) is 1.51. The third-order valence-electron chi connectivity index (χ3n) is 11.0. The van der Waals surface area contributed by atoms with Crippen LogP contribution in [0.3, 0.4) is 0 Å². The van der Waals surface area contributed by atoms with Gasteiger partial charge in [-0.25, -0.2) is 9.37 Å². The summed E-state index contributed by atoms with van der Waals surface area (Å²) in [6.07, 6.45) is 7.04. The maximum absolute atomic E-state index is 14.9. The molecular weight excluding hydrogens is 597 g/mol. The molecule has 0 radical (unpaired) electrons. The van der Waals surface area contributed by atoms with Gasteiger partial charge in [-0.05, 0) is 64.0 Å². The minimum absolute atomic E-state index is 0.0109. The number of likely N-dealkylation sites (tertiary alicyclic amines) is 1. The SMILES string of the molecule is COC(=O)C12CC(N3CCN(CCN4CCC(COc5cc(F)c6c(=O)[nH]c(CSC7CCOCC7)nc6c5)CC4)CC3)(C1)C2. The smallest absolute Gasteiger partial charge is 0.312 e. The molecule has 8 rings (SSSR count). The fourth-order valence-corrected chi connectivity index (χ4v) is 9.32. The Labute approximate surface area is 268 Å². The standard InChI is InChI=1S/C33H46FN5O5S/c1-42-31(41)32-20-33(21-32,22-32)39-12-10-38(11-13-39)9-8-37-6-2-23(3-7-37)18-44-24-16-26(34)29-27(17-24)35-28(36-30(29)40)19-45-25-4-14-43-15-5-25/h16-17,23,25H,2-15,18-22H2,1H3,(H,35,36,40). The monoisotopic (exact) mass is 643 g/mol. The van der Waals surface area contributed by atoms with E-state index in [1.165, 1.54) is 13.2 Å². The lowest BCUT2D eigenvalue weighted by Gasteiger charge is -2.72. The van der Waals surface area contributed by atoms with Gasteiger partial charge in [-0.1, -0.05) is 0 Å². The van der Waals surface area contributed by atoms with Crippen LogP contribution in [0.1, 0.15) is 50.8 Å². The van der Waals surface area contributed by atoms with Crippen LogP contribution < -0.4 is 10.3 Å². The van der Waals surface area contributed by atoms with Crippen molar-refractivity contribution >= 4 is 28.6 Å². The molecule has 45 heavy (non-hydrogen) atoms. The summed E-state index contributed by atoms with van der Waals surface area (Å²) < 4.78 is 31.5. The Morgan fingerprint density at radius 3 is 2.42 bits per heavy atom. The van der Waals surface area contributed by atoms with Gasteiger partial charge in [-0.3, -0.25) is 19.4 Å². The lowest BCUT2D eigenvalue weighted by molar-refractivity contribution is -0.237. The van der Waals surface area contributed by atoms with Crippen LogP contribution >= 0.6 is 11.8 Å². The first-order valence-electron chi connectivity index (χ1n) is 16.7. The molecule has 246 valence electrons. The highest BCUT2D eigenvalue weighted by Gasteiger charge is 2.74. The number of rotatable bonds is 11. The fraction of sp³-hybridized carbons (Fsp3) is 0.727. The molecule has 0 atom stereocenters. The summed E-state index contributed by atoms with van der Waals surface area (Å²) in [4.78, 5) is 39.8. The number of H-pyrrole nitrogens is 1. The summed E-state index contributed by atoms with van der Waals surface area (Å²) >= 11 is 1.76. The number of halogens is 1. The molecule has 0 amide bonds. The minimum atomic E-state index is -0.593. The summed E-state index contributed by atoms with van der Waals surface area (Å²) in [6, 6.07) is 3.02. The molecule has 1 aromatic carbocycles. The third-order valence-corrected chi connectivity index (χ3v) is 12.4. The zero-order chi connectivity index (χ0) is 31.0. The minimum Gasteiger partial charge on any atom is -0.493 e. The molecule has 0 spiro atoms. The Balaban J connectivity index is 0.829. The Morgan fingerprint density at radius 2 is 1.73 bits per heavy atom. The largest absolute Gasteiger partial charge is 0.493 e. The van der Waals surface area contributed by atoms with Crippen LogP contribution in [0.4, 0.5) is 4.39 Å². The number of ether oxygens (including phenoxy) is 3. The summed E-state index contributed by atoms with van der Waals surface area (Å²) in [6.45, 7) is 10.7. The van der Waals surface area contributed by atoms with Crippen LogP contribution in [0.2, 0.25) is 0 Å². The maximum atomic E-state index is 14.9. The van der Waals surface area contributed by atoms with Crippen molar-refractivity contribution in [2.45, 2.75) is 61.5 Å². The quantitative estimate of drug-likeness (QED) is 0.368. The molecule has 12 heteroatoms. The number of piperazine rings is 1. The highest BCUT2D eigenvalue weighted by molar-refractivity contribution is 7.99. The molecule has 3 saturated carbocycles. The number of aromatic nitrogens is 2. The number of piperidine rings is 1. The number of nitrogens with zero attached hydrogens (tertiary/aromatic N) is 4. The van der Waals surface area contributed by atoms with Crippen molar-refractivity contribution < 1.29 is 23.4 Å². The van der Waals surface area contributed by atoms with Gasteiger partial charge in [-0.15, -0.1) is 0 Å². The second-order valence-electron chi connectivity index (χ2n) is 13.9. The van der Waals surface area contributed by atoms with Crippen LogP contribution in [0.15, 0.2) is 16.9 Å². The molecule has 6 fully saturated rings. The van der Waals surface area contributed by atoms with Crippen LogP contribution in [0.5, 0.6) is 5.75 Å². The zero-order valence-corrected chi connectivity index (χ0v) is 27.2. The van der Waals surface area contributed by atoms with Gasteiger partial charge in [0.15, 0.2) is 0 Å². The van der Waals surface area contributed by atoms with Crippen LogP contribution in [0.25, 0.3) is 10.9 Å². The summed E-state index contributed by atoms with van der Waals surface area (Å²) in [5, 5.41) is 0.475. The van der Waals surface area contributed by atoms with E-state index in [4.69, 9.17) is 14.2 Å². The lowest BCUT2D eigenvalue weighted by Crippen LogP contribution is -2.78. The summed E-state index contributed by atoms with van der Waals surface area (Å²) in [5.41, 5.74) is 0.00893. The molecular formula is C33H46FN5O5S. The maximum Gasteiger partial charge on any atom is 0.312 e. The second kappa shape index (κ2) is 13.1. The molecule has 1 aromatic heterocycles. The van der Waals surface area contributed by atoms with Crippen molar-refractivity contribution in [2.75, 3.05) is 79.3 Å². The number of carbonyl (C=O) groups is 1. The topological polar surface area (TPSA) is 100 Å². The number of carbonyl (C=O) groups excluding carboxylic acids is 1. The molecule has 10 nitrogen and oxygen atoms in total. The predicted octanol–water partition coefficient (Wildman–Crippen LogP) is 3.28. The highest BCUT2D eigenvalue weighted by atomic mass is 32.2. The highest BCUT2D eigenvalue weighted by Crippen LogP contribution is 2.70. The van der Waals surface area contributed by atoms with Gasteiger partial charge in [0.25, 0.3) is 5.56 Å². The van der Waals surface area contributed by atoms with Crippen molar-refractivity contribution in [3.05, 3.63) is 34.1 Å². The van der Waals surface area contributed by atoms with Gasteiger partial charge >= 0.3 is 5.97 Å². The lowest BCUT2D eigenvalue weighted by atomic mass is 9.38. The molecule has 0 unspecified atom stereocenters. The summed E-state index contributed by atoms with van der Waals surface area (Å²) in [5.74, 6) is 1.39. The first kappa shape index (κ1) is 31.4. The zero-order valence-electron chi connectivity index (χ0n) is 26.4. The number of aromatic amines is 1. The first-order valence-corrected chi connectivity index (χ1v) is 17.7. The van der Waals surface area contributed by atoms with E-state index in [2.05, 4.69) is 24.7 Å². The number of esters is 1. The Morgan fingerprint density at radius 1 is 1.04 bits per heavy atom. The van der Waals surface area contributed by atoms with Gasteiger partial charge in [-0.2, -0.15) is 11.8 Å². The number of hydrogen-bond donors (Lipinski definition) is 1. The number of hydrogen-bond acceptors (Lipinski definition) is 10. The molecule has 1 N–H and O–H groups in total. The first-order chi connectivity index (χ1) is 21.8. The second-order valence-corrected chi connectivity index (χ2v) is 15.2. The number of nitrogens with one attached hydrogen (secondary N) is 1. The van der Waals surface area contributed by atoms with E-state index >= 15 is 0 Å². The molecule has 2 bridgehead atoms. The van der Waals surface area contributed by atoms with Crippen molar-refractivity contribution in [3.63, 3.8) is 0 Å². The fourth-order valence-electron chi connectivity index (χ4n) is 8.26. The molecule has 3 saturated heterocycles. The van der Waals surface area contributed by atoms with E-state index in [0.717, 1.165) is 111 Å².